The number of benzene rings is 2. The molecule has 1 fully saturated rings. The van der Waals surface area contributed by atoms with Gasteiger partial charge in [-0.2, -0.15) is 0 Å². The summed E-state index contributed by atoms with van der Waals surface area (Å²) in [5.74, 6) is -0.0904. The van der Waals surface area contributed by atoms with Crippen molar-refractivity contribution in [3.05, 3.63) is 64.7 Å². The Balaban J connectivity index is 1.79. The van der Waals surface area contributed by atoms with Crippen LogP contribution in [0.4, 0.5) is 5.69 Å². The molecule has 1 amide bonds. The molecule has 2 aromatic rings. The van der Waals surface area contributed by atoms with Gasteiger partial charge in [-0.3, -0.25) is 4.79 Å². The van der Waals surface area contributed by atoms with E-state index in [1.54, 1.807) is 6.07 Å². The third-order valence-electron chi connectivity index (χ3n) is 4.55. The molecule has 3 rings (SSSR count). The van der Waals surface area contributed by atoms with Crippen molar-refractivity contribution in [3.8, 4) is 0 Å². The highest BCUT2D eigenvalue weighted by Crippen LogP contribution is 2.29. The van der Waals surface area contributed by atoms with Crippen molar-refractivity contribution in [2.75, 3.05) is 12.3 Å². The molecule has 4 heteroatoms. The molecule has 2 atom stereocenters. The number of hydrogen-bond acceptors (Lipinski definition) is 3. The van der Waals surface area contributed by atoms with Gasteiger partial charge < -0.3 is 15.8 Å². The van der Waals surface area contributed by atoms with E-state index in [0.717, 1.165) is 30.6 Å². The molecule has 0 aliphatic carbocycles. The molecule has 1 saturated heterocycles. The lowest BCUT2D eigenvalue weighted by Gasteiger charge is -2.33. The number of nitrogen functional groups attached to an aromatic ring is 1. The van der Waals surface area contributed by atoms with Gasteiger partial charge in [-0.25, -0.2) is 0 Å². The Labute approximate surface area is 143 Å². The molecule has 0 bridgehead atoms. The van der Waals surface area contributed by atoms with Gasteiger partial charge in [-0.1, -0.05) is 35.9 Å². The molecule has 1 heterocycles. The van der Waals surface area contributed by atoms with Crippen molar-refractivity contribution >= 4 is 11.6 Å². The summed E-state index contributed by atoms with van der Waals surface area (Å²) >= 11 is 0. The lowest BCUT2D eigenvalue weighted by molar-refractivity contribution is -0.00947. The number of carbonyl (C=O) groups excluding carboxylic acids is 1. The fourth-order valence-electron chi connectivity index (χ4n) is 3.14. The normalized spacial score (nSPS) is 20.6. The average Bonchev–Trinajstić information content (AvgIpc) is 2.58. The van der Waals surface area contributed by atoms with Crippen LogP contribution in [0.25, 0.3) is 0 Å². The molecule has 4 nitrogen and oxygen atoms in total. The van der Waals surface area contributed by atoms with Crippen LogP contribution in [0.2, 0.25) is 0 Å². The maximum atomic E-state index is 12.7. The predicted molar refractivity (Wildman–Crippen MR) is 96.0 cm³/mol. The molecule has 0 aromatic heterocycles. The van der Waals surface area contributed by atoms with Crippen LogP contribution in [0.5, 0.6) is 0 Å². The quantitative estimate of drug-likeness (QED) is 0.849. The molecule has 126 valence electrons. The van der Waals surface area contributed by atoms with E-state index in [1.165, 1.54) is 5.56 Å². The zero-order chi connectivity index (χ0) is 17.1. The van der Waals surface area contributed by atoms with Gasteiger partial charge in [0.25, 0.3) is 5.91 Å². The number of ether oxygens (including phenoxy) is 1. The van der Waals surface area contributed by atoms with Gasteiger partial charge in [-0.15, -0.1) is 0 Å². The smallest absolute Gasteiger partial charge is 0.251 e. The standard InChI is InChI=1S/C20H24N2O2/c1-13-5-8-15(9-6-13)19-18(4-3-11-24-19)22-20(23)17-12-16(21)10-7-14(17)2/h5-10,12,18-19H,3-4,11,21H2,1-2H3,(H,22,23). The molecule has 1 aliphatic heterocycles. The van der Waals surface area contributed by atoms with Gasteiger partial charge in [0.05, 0.1) is 6.04 Å². The lowest BCUT2D eigenvalue weighted by Crippen LogP contribution is -2.43. The van der Waals surface area contributed by atoms with Crippen LogP contribution in [-0.2, 0) is 4.74 Å². The van der Waals surface area contributed by atoms with E-state index < -0.39 is 0 Å². The summed E-state index contributed by atoms with van der Waals surface area (Å²) in [5.41, 5.74) is 10.3. The van der Waals surface area contributed by atoms with Crippen LogP contribution in [-0.4, -0.2) is 18.6 Å². The van der Waals surface area contributed by atoms with Crippen LogP contribution in [0, 0.1) is 13.8 Å². The number of nitrogens with two attached hydrogens (primary N) is 1. The first-order valence-corrected chi connectivity index (χ1v) is 8.40. The highest BCUT2D eigenvalue weighted by molar-refractivity contribution is 5.96. The topological polar surface area (TPSA) is 64.3 Å². The Bertz CT molecular complexity index is 725. The molecule has 0 spiro atoms. The van der Waals surface area contributed by atoms with Gasteiger partial charge in [-0.05, 0) is 49.9 Å². The Hall–Kier alpha value is -2.33. The van der Waals surface area contributed by atoms with E-state index in [0.29, 0.717) is 11.3 Å². The fraction of sp³-hybridized carbons (Fsp3) is 0.350. The van der Waals surface area contributed by atoms with Crippen molar-refractivity contribution < 1.29 is 9.53 Å². The van der Waals surface area contributed by atoms with Crippen LogP contribution >= 0.6 is 0 Å². The third kappa shape index (κ3) is 3.60. The van der Waals surface area contributed by atoms with Gasteiger partial charge >= 0.3 is 0 Å². The van der Waals surface area contributed by atoms with E-state index in [1.807, 2.05) is 19.1 Å². The lowest BCUT2D eigenvalue weighted by atomic mass is 9.94. The summed E-state index contributed by atoms with van der Waals surface area (Å²) < 4.78 is 5.97. The Morgan fingerprint density at radius 1 is 1.17 bits per heavy atom. The number of amides is 1. The Kier molecular flexibility index (Phi) is 4.86. The molecular weight excluding hydrogens is 300 g/mol. The van der Waals surface area contributed by atoms with Crippen molar-refractivity contribution in [1.82, 2.24) is 5.32 Å². The van der Waals surface area contributed by atoms with E-state index in [2.05, 4.69) is 36.5 Å². The van der Waals surface area contributed by atoms with Gasteiger partial charge in [0, 0.05) is 17.9 Å². The first-order valence-electron chi connectivity index (χ1n) is 8.40. The number of carbonyl (C=O) groups is 1. The van der Waals surface area contributed by atoms with Gasteiger partial charge in [0.15, 0.2) is 0 Å². The number of rotatable bonds is 3. The number of hydrogen-bond donors (Lipinski definition) is 2. The summed E-state index contributed by atoms with van der Waals surface area (Å²) in [7, 11) is 0. The Morgan fingerprint density at radius 2 is 1.92 bits per heavy atom. The van der Waals surface area contributed by atoms with Crippen molar-refractivity contribution in [1.29, 1.82) is 0 Å². The van der Waals surface area contributed by atoms with E-state index in [-0.39, 0.29) is 18.1 Å². The molecule has 1 aliphatic rings. The second-order valence-corrected chi connectivity index (χ2v) is 6.50. The first kappa shape index (κ1) is 16.5. The highest BCUT2D eigenvalue weighted by atomic mass is 16.5. The van der Waals surface area contributed by atoms with E-state index >= 15 is 0 Å². The molecule has 0 radical (unpaired) electrons. The van der Waals surface area contributed by atoms with Crippen molar-refractivity contribution in [2.24, 2.45) is 0 Å². The monoisotopic (exact) mass is 324 g/mol. The third-order valence-corrected chi connectivity index (χ3v) is 4.55. The summed E-state index contributed by atoms with van der Waals surface area (Å²) in [6.45, 7) is 4.71. The SMILES string of the molecule is Cc1ccc(C2OCCCC2NC(=O)c2cc(N)ccc2C)cc1. The minimum absolute atomic E-state index is 0.0326. The average molecular weight is 324 g/mol. The minimum atomic E-state index is -0.107. The number of aryl methyl sites for hydroxylation is 2. The molecule has 24 heavy (non-hydrogen) atoms. The van der Waals surface area contributed by atoms with Crippen LogP contribution in [0.1, 0.15) is 46.0 Å². The maximum absolute atomic E-state index is 12.7. The minimum Gasteiger partial charge on any atom is -0.399 e. The van der Waals surface area contributed by atoms with Gasteiger partial charge in [0.2, 0.25) is 0 Å². The summed E-state index contributed by atoms with van der Waals surface area (Å²) in [6, 6.07) is 13.7. The molecular formula is C20H24N2O2. The summed E-state index contributed by atoms with van der Waals surface area (Å²) in [4.78, 5) is 12.7. The molecule has 2 unspecified atom stereocenters. The maximum Gasteiger partial charge on any atom is 0.251 e. The molecule has 3 N–H and O–H groups in total. The van der Waals surface area contributed by atoms with Crippen molar-refractivity contribution in [3.63, 3.8) is 0 Å². The van der Waals surface area contributed by atoms with Crippen LogP contribution in [0.3, 0.4) is 0 Å². The number of nitrogens with one attached hydrogen (secondary N) is 1. The largest absolute Gasteiger partial charge is 0.399 e. The predicted octanol–water partition coefficient (Wildman–Crippen LogP) is 3.54. The summed E-state index contributed by atoms with van der Waals surface area (Å²) in [6.07, 6.45) is 1.75. The van der Waals surface area contributed by atoms with Gasteiger partial charge in [0.1, 0.15) is 6.10 Å². The van der Waals surface area contributed by atoms with E-state index in [4.69, 9.17) is 10.5 Å². The molecule has 0 saturated carbocycles. The molecule has 2 aromatic carbocycles. The van der Waals surface area contributed by atoms with Crippen molar-refractivity contribution in [2.45, 2.75) is 38.8 Å². The number of anilines is 1. The fourth-order valence-corrected chi connectivity index (χ4v) is 3.14. The zero-order valence-electron chi connectivity index (χ0n) is 14.2. The first-order chi connectivity index (χ1) is 11.5. The Morgan fingerprint density at radius 3 is 2.67 bits per heavy atom. The zero-order valence-corrected chi connectivity index (χ0v) is 14.2. The van der Waals surface area contributed by atoms with Crippen LogP contribution < -0.4 is 11.1 Å². The second kappa shape index (κ2) is 7.05. The summed E-state index contributed by atoms with van der Waals surface area (Å²) in [5, 5.41) is 3.15. The highest BCUT2D eigenvalue weighted by Gasteiger charge is 2.29. The van der Waals surface area contributed by atoms with Crippen LogP contribution in [0.15, 0.2) is 42.5 Å². The van der Waals surface area contributed by atoms with E-state index in [9.17, 15) is 4.79 Å². The second-order valence-electron chi connectivity index (χ2n) is 6.50.